The van der Waals surface area contributed by atoms with Gasteiger partial charge in [-0.2, -0.15) is 0 Å². The SMILES string of the molecule is CN1C[C@@H](CCl)c2c1cc(O)c1cccc([N+](=O)[O-])c21. The number of hydrogen-bond acceptors (Lipinski definition) is 4. The first-order valence-corrected chi connectivity index (χ1v) is 6.78. The van der Waals surface area contributed by atoms with Gasteiger partial charge in [-0.25, -0.2) is 0 Å². The van der Waals surface area contributed by atoms with Gasteiger partial charge >= 0.3 is 0 Å². The number of anilines is 1. The lowest BCUT2D eigenvalue weighted by Gasteiger charge is -2.13. The van der Waals surface area contributed by atoms with E-state index in [-0.39, 0.29) is 17.4 Å². The van der Waals surface area contributed by atoms with Crippen LogP contribution in [0, 0.1) is 10.1 Å². The van der Waals surface area contributed by atoms with Crippen molar-refractivity contribution in [3.05, 3.63) is 39.9 Å². The van der Waals surface area contributed by atoms with E-state index in [0.29, 0.717) is 23.2 Å². The zero-order valence-corrected chi connectivity index (χ0v) is 11.6. The van der Waals surface area contributed by atoms with Crippen molar-refractivity contribution in [2.24, 2.45) is 0 Å². The van der Waals surface area contributed by atoms with Gasteiger partial charge in [-0.15, -0.1) is 11.6 Å². The Bertz CT molecular complexity index is 717. The minimum atomic E-state index is -0.411. The Morgan fingerprint density at radius 1 is 1.55 bits per heavy atom. The molecule has 0 saturated heterocycles. The predicted octanol–water partition coefficient (Wildman–Crippen LogP) is 3.23. The molecule has 0 aliphatic carbocycles. The van der Waals surface area contributed by atoms with Crippen LogP contribution < -0.4 is 4.90 Å². The van der Waals surface area contributed by atoms with Crippen molar-refractivity contribution in [3.63, 3.8) is 0 Å². The maximum atomic E-state index is 11.3. The number of nitrogens with zero attached hydrogens (tertiary/aromatic N) is 2. The second-order valence-electron chi connectivity index (χ2n) is 5.02. The molecule has 1 aliphatic heterocycles. The Balaban J connectivity index is 2.47. The Morgan fingerprint density at radius 2 is 2.30 bits per heavy atom. The van der Waals surface area contributed by atoms with Crippen LogP contribution in [0.15, 0.2) is 24.3 Å². The van der Waals surface area contributed by atoms with E-state index in [2.05, 4.69) is 0 Å². The number of nitro benzene ring substituents is 1. The van der Waals surface area contributed by atoms with Crippen LogP contribution in [-0.2, 0) is 0 Å². The number of rotatable bonds is 2. The van der Waals surface area contributed by atoms with Crippen molar-refractivity contribution in [2.45, 2.75) is 5.92 Å². The molecule has 2 aromatic rings. The molecule has 0 spiro atoms. The van der Waals surface area contributed by atoms with Gasteiger partial charge < -0.3 is 10.0 Å². The molecular formula is C14H13ClN2O3. The zero-order chi connectivity index (χ0) is 14.4. The highest BCUT2D eigenvalue weighted by molar-refractivity contribution is 6.19. The van der Waals surface area contributed by atoms with E-state index in [9.17, 15) is 15.2 Å². The van der Waals surface area contributed by atoms with Crippen LogP contribution in [0.1, 0.15) is 11.5 Å². The molecule has 0 amide bonds. The molecule has 0 fully saturated rings. The average molecular weight is 293 g/mol. The minimum absolute atomic E-state index is 0.0140. The Labute approximate surface area is 120 Å². The maximum Gasteiger partial charge on any atom is 0.277 e. The van der Waals surface area contributed by atoms with Gasteiger partial charge in [-0.3, -0.25) is 10.1 Å². The fourth-order valence-corrected chi connectivity index (χ4v) is 3.23. The third kappa shape index (κ3) is 1.70. The first-order chi connectivity index (χ1) is 9.54. The van der Waals surface area contributed by atoms with Crippen LogP contribution in [0.25, 0.3) is 10.8 Å². The smallest absolute Gasteiger partial charge is 0.277 e. The number of likely N-dealkylation sites (N-methyl/N-ethyl adjacent to an activating group) is 1. The van der Waals surface area contributed by atoms with Gasteiger partial charge in [0.1, 0.15) is 5.75 Å². The summed E-state index contributed by atoms with van der Waals surface area (Å²) in [6.07, 6.45) is 0. The van der Waals surface area contributed by atoms with Crippen LogP contribution in [0.3, 0.4) is 0 Å². The highest BCUT2D eigenvalue weighted by Gasteiger charge is 2.32. The summed E-state index contributed by atoms with van der Waals surface area (Å²) in [4.78, 5) is 12.8. The number of nitro groups is 1. The Morgan fingerprint density at radius 3 is 2.95 bits per heavy atom. The molecule has 0 unspecified atom stereocenters. The number of hydrogen-bond donors (Lipinski definition) is 1. The molecule has 0 saturated carbocycles. The molecule has 1 atom stereocenters. The van der Waals surface area contributed by atoms with Gasteiger partial charge in [-0.05, 0) is 5.56 Å². The van der Waals surface area contributed by atoms with Gasteiger partial charge in [-0.1, -0.05) is 12.1 Å². The monoisotopic (exact) mass is 292 g/mol. The fourth-order valence-electron chi connectivity index (χ4n) is 2.98. The summed E-state index contributed by atoms with van der Waals surface area (Å²) in [5.74, 6) is 0.480. The number of phenols is 1. The molecule has 6 heteroatoms. The average Bonchev–Trinajstić information content (AvgIpc) is 2.75. The molecule has 1 N–H and O–H groups in total. The highest BCUT2D eigenvalue weighted by atomic mass is 35.5. The van der Waals surface area contributed by atoms with E-state index in [0.717, 1.165) is 11.3 Å². The Hall–Kier alpha value is -2.01. The van der Waals surface area contributed by atoms with Gasteiger partial charge in [0, 0.05) is 48.6 Å². The topological polar surface area (TPSA) is 66.6 Å². The molecule has 5 nitrogen and oxygen atoms in total. The number of fused-ring (bicyclic) bond motifs is 3. The van der Waals surface area contributed by atoms with Crippen molar-refractivity contribution in [1.82, 2.24) is 0 Å². The van der Waals surface area contributed by atoms with E-state index in [1.807, 2.05) is 11.9 Å². The van der Waals surface area contributed by atoms with Gasteiger partial charge in [0.25, 0.3) is 5.69 Å². The quantitative estimate of drug-likeness (QED) is 0.524. The van der Waals surface area contributed by atoms with Crippen molar-refractivity contribution >= 4 is 33.7 Å². The molecule has 2 aromatic carbocycles. The molecular weight excluding hydrogens is 280 g/mol. The standard InChI is InChI=1S/C14H13ClN2O3/c1-16-7-8(6-15)13-11(16)5-12(18)9-3-2-4-10(14(9)13)17(19)20/h2-5,8,18H,6-7H2,1H3/t8-/m1/s1. The summed E-state index contributed by atoms with van der Waals surface area (Å²) in [5, 5.41) is 22.4. The molecule has 1 aliphatic rings. The van der Waals surface area contributed by atoms with Gasteiger partial charge in [0.05, 0.1) is 10.3 Å². The maximum absolute atomic E-state index is 11.3. The Kier molecular flexibility index (Phi) is 2.94. The van der Waals surface area contributed by atoms with Crippen molar-refractivity contribution in [2.75, 3.05) is 24.4 Å². The van der Waals surface area contributed by atoms with Crippen LogP contribution in [0.2, 0.25) is 0 Å². The normalized spacial score (nSPS) is 17.5. The first kappa shape index (κ1) is 13.0. The number of halogens is 1. The van der Waals surface area contributed by atoms with E-state index >= 15 is 0 Å². The largest absolute Gasteiger partial charge is 0.507 e. The lowest BCUT2D eigenvalue weighted by atomic mass is 9.94. The number of phenolic OH excluding ortho intramolecular Hbond substituents is 1. The molecule has 1 heterocycles. The fraction of sp³-hybridized carbons (Fsp3) is 0.286. The van der Waals surface area contributed by atoms with Crippen LogP contribution in [0.5, 0.6) is 5.75 Å². The van der Waals surface area contributed by atoms with Crippen molar-refractivity contribution < 1.29 is 10.0 Å². The third-order valence-corrected chi connectivity index (χ3v) is 4.21. The molecule has 0 radical (unpaired) electrons. The second kappa shape index (κ2) is 4.52. The summed E-state index contributed by atoms with van der Waals surface area (Å²) >= 11 is 6.01. The summed E-state index contributed by atoms with van der Waals surface area (Å²) in [6.45, 7) is 0.698. The van der Waals surface area contributed by atoms with E-state index in [1.54, 1.807) is 18.2 Å². The molecule has 104 valence electrons. The summed E-state index contributed by atoms with van der Waals surface area (Å²) < 4.78 is 0. The molecule has 3 rings (SSSR count). The zero-order valence-electron chi connectivity index (χ0n) is 10.8. The molecule has 0 aromatic heterocycles. The van der Waals surface area contributed by atoms with Crippen molar-refractivity contribution in [3.8, 4) is 5.75 Å². The molecule has 0 bridgehead atoms. The summed E-state index contributed by atoms with van der Waals surface area (Å²) in [7, 11) is 1.89. The van der Waals surface area contributed by atoms with E-state index in [1.165, 1.54) is 6.07 Å². The van der Waals surface area contributed by atoms with Gasteiger partial charge in [0.2, 0.25) is 0 Å². The highest BCUT2D eigenvalue weighted by Crippen LogP contribution is 2.47. The number of non-ortho nitro benzene ring substituents is 1. The van der Waals surface area contributed by atoms with E-state index < -0.39 is 4.92 Å². The van der Waals surface area contributed by atoms with Crippen LogP contribution in [0.4, 0.5) is 11.4 Å². The summed E-state index contributed by atoms with van der Waals surface area (Å²) in [6, 6.07) is 6.40. The van der Waals surface area contributed by atoms with Crippen molar-refractivity contribution in [1.29, 1.82) is 0 Å². The van der Waals surface area contributed by atoms with Gasteiger partial charge in [0.15, 0.2) is 0 Å². The van der Waals surface area contributed by atoms with E-state index in [4.69, 9.17) is 11.6 Å². The van der Waals surface area contributed by atoms with Crippen LogP contribution >= 0.6 is 11.6 Å². The lowest BCUT2D eigenvalue weighted by Crippen LogP contribution is -2.15. The number of benzene rings is 2. The summed E-state index contributed by atoms with van der Waals surface area (Å²) in [5.41, 5.74) is 1.69. The molecule has 20 heavy (non-hydrogen) atoms. The number of alkyl halides is 1. The number of aromatic hydroxyl groups is 1. The lowest BCUT2D eigenvalue weighted by molar-refractivity contribution is -0.383. The third-order valence-electron chi connectivity index (χ3n) is 3.83. The van der Waals surface area contributed by atoms with Crippen LogP contribution in [-0.4, -0.2) is 29.5 Å². The predicted molar refractivity (Wildman–Crippen MR) is 79.0 cm³/mol. The first-order valence-electron chi connectivity index (χ1n) is 6.24. The minimum Gasteiger partial charge on any atom is -0.507 e. The second-order valence-corrected chi connectivity index (χ2v) is 5.33.